The van der Waals surface area contributed by atoms with E-state index in [1.807, 2.05) is 57.2 Å². The van der Waals surface area contributed by atoms with Gasteiger partial charge in [-0.05, 0) is 36.0 Å². The van der Waals surface area contributed by atoms with Gasteiger partial charge in [-0.25, -0.2) is 0 Å². The number of hydrogen-bond acceptors (Lipinski definition) is 7. The number of benzene rings is 1. The first-order chi connectivity index (χ1) is 17.3. The third-order valence-corrected chi connectivity index (χ3v) is 9.62. The van der Waals surface area contributed by atoms with Crippen molar-refractivity contribution in [3.8, 4) is 0 Å². The molecule has 0 radical (unpaired) electrons. The standard InChI is InChI=1S/C30H36O7/c1-17-11-23-28(34,26(17)33)15-21(16-36-19(3)31)12-22-25-27(4,5)29(25,14-18(2)30(22,23)35)37-24(32)13-20-9-7-6-8-10-20/h6-12,18,22-23,25,34-35H,13-16H2,1-5H3/t18-,22+,23-,25+,28-,29+,30-/m1/s1. The lowest BCUT2D eigenvalue weighted by Gasteiger charge is -2.50. The molecule has 0 aliphatic heterocycles. The van der Waals surface area contributed by atoms with Gasteiger partial charge >= 0.3 is 11.9 Å². The number of ketones is 1. The lowest BCUT2D eigenvalue weighted by atomic mass is 9.60. The summed E-state index contributed by atoms with van der Waals surface area (Å²) in [6.45, 7) is 8.88. The van der Waals surface area contributed by atoms with Crippen LogP contribution < -0.4 is 0 Å². The molecule has 0 bridgehead atoms. The van der Waals surface area contributed by atoms with E-state index in [-0.39, 0.29) is 31.3 Å². The second kappa shape index (κ2) is 8.37. The summed E-state index contributed by atoms with van der Waals surface area (Å²) in [4.78, 5) is 37.9. The predicted molar refractivity (Wildman–Crippen MR) is 135 cm³/mol. The molecule has 0 amide bonds. The van der Waals surface area contributed by atoms with Crippen LogP contribution in [-0.2, 0) is 30.3 Å². The molecule has 5 rings (SSSR count). The summed E-state index contributed by atoms with van der Waals surface area (Å²) in [6, 6.07) is 9.44. The molecule has 0 unspecified atom stereocenters. The number of fused-ring (bicyclic) bond motifs is 5. The molecule has 2 N–H and O–H groups in total. The maximum atomic E-state index is 13.2. The first kappa shape index (κ1) is 25.9. The Kier molecular flexibility index (Phi) is 5.85. The fraction of sp³-hybridized carbons (Fsp3) is 0.567. The normalized spacial score (nSPS) is 39.3. The summed E-state index contributed by atoms with van der Waals surface area (Å²) in [5.41, 5.74) is -2.64. The molecule has 37 heavy (non-hydrogen) atoms. The van der Waals surface area contributed by atoms with Gasteiger partial charge in [0.15, 0.2) is 5.78 Å². The van der Waals surface area contributed by atoms with Crippen molar-refractivity contribution in [2.45, 2.75) is 70.7 Å². The number of rotatable bonds is 5. The minimum Gasteiger partial charge on any atom is -0.461 e. The number of ether oxygens (including phenoxy) is 2. The summed E-state index contributed by atoms with van der Waals surface area (Å²) in [5.74, 6) is -3.17. The van der Waals surface area contributed by atoms with Crippen molar-refractivity contribution in [1.82, 2.24) is 0 Å². The van der Waals surface area contributed by atoms with Crippen LogP contribution in [-0.4, -0.2) is 51.3 Å². The number of esters is 2. The highest BCUT2D eigenvalue weighted by atomic mass is 16.6. The molecule has 4 aliphatic rings. The molecule has 1 aromatic carbocycles. The van der Waals surface area contributed by atoms with Crippen LogP contribution in [0.2, 0.25) is 0 Å². The fourth-order valence-corrected chi connectivity index (χ4v) is 7.78. The zero-order valence-electron chi connectivity index (χ0n) is 22.1. The van der Waals surface area contributed by atoms with Crippen molar-refractivity contribution < 1.29 is 34.1 Å². The van der Waals surface area contributed by atoms with Crippen molar-refractivity contribution in [2.75, 3.05) is 6.61 Å². The quantitative estimate of drug-likeness (QED) is 0.464. The Morgan fingerprint density at radius 1 is 1.11 bits per heavy atom. The first-order valence-electron chi connectivity index (χ1n) is 13.0. The summed E-state index contributed by atoms with van der Waals surface area (Å²) in [5, 5.41) is 24.2. The highest BCUT2D eigenvalue weighted by Gasteiger charge is 2.83. The van der Waals surface area contributed by atoms with Gasteiger partial charge in [0.2, 0.25) is 0 Å². The maximum absolute atomic E-state index is 13.2. The van der Waals surface area contributed by atoms with Gasteiger partial charge in [0.1, 0.15) is 17.8 Å². The second-order valence-electron chi connectivity index (χ2n) is 12.1. The minimum atomic E-state index is -1.82. The third kappa shape index (κ3) is 3.65. The number of carbonyl (C=O) groups is 3. The molecule has 2 saturated carbocycles. The van der Waals surface area contributed by atoms with Gasteiger partial charge < -0.3 is 19.7 Å². The fourth-order valence-electron chi connectivity index (χ4n) is 7.78. The summed E-state index contributed by atoms with van der Waals surface area (Å²) < 4.78 is 11.6. The van der Waals surface area contributed by atoms with Crippen LogP contribution in [0.4, 0.5) is 0 Å². The molecule has 7 atom stereocenters. The van der Waals surface area contributed by atoms with Gasteiger partial charge in [0, 0.05) is 36.5 Å². The molecule has 1 aromatic rings. The Bertz CT molecular complexity index is 1210. The average molecular weight is 509 g/mol. The van der Waals surface area contributed by atoms with Gasteiger partial charge in [-0.3, -0.25) is 14.4 Å². The number of aliphatic hydroxyl groups is 2. The molecule has 4 aliphatic carbocycles. The Morgan fingerprint density at radius 3 is 2.43 bits per heavy atom. The largest absolute Gasteiger partial charge is 0.461 e. The van der Waals surface area contributed by atoms with Crippen molar-refractivity contribution in [3.63, 3.8) is 0 Å². The zero-order valence-corrected chi connectivity index (χ0v) is 22.1. The lowest BCUT2D eigenvalue weighted by molar-refractivity contribution is -0.186. The van der Waals surface area contributed by atoms with Crippen LogP contribution in [0.25, 0.3) is 0 Å². The minimum absolute atomic E-state index is 0.0307. The van der Waals surface area contributed by atoms with E-state index in [0.29, 0.717) is 17.6 Å². The van der Waals surface area contributed by atoms with Crippen molar-refractivity contribution in [3.05, 3.63) is 59.2 Å². The van der Waals surface area contributed by atoms with E-state index < -0.39 is 51.7 Å². The van der Waals surface area contributed by atoms with Crippen LogP contribution in [0.15, 0.2) is 53.6 Å². The van der Waals surface area contributed by atoms with E-state index in [1.165, 1.54) is 6.92 Å². The third-order valence-electron chi connectivity index (χ3n) is 9.62. The molecule has 0 saturated heterocycles. The zero-order chi connectivity index (χ0) is 27.0. The molecule has 198 valence electrons. The highest BCUT2D eigenvalue weighted by Crippen LogP contribution is 2.76. The average Bonchev–Trinajstić information content (AvgIpc) is 3.22. The number of hydrogen-bond donors (Lipinski definition) is 2. The van der Waals surface area contributed by atoms with Crippen LogP contribution in [0, 0.1) is 29.1 Å². The summed E-state index contributed by atoms with van der Waals surface area (Å²) >= 11 is 0. The molecular formula is C30H36O7. The van der Waals surface area contributed by atoms with Gasteiger partial charge in [-0.1, -0.05) is 63.3 Å². The van der Waals surface area contributed by atoms with E-state index in [1.54, 1.807) is 13.0 Å². The molecule has 2 fully saturated rings. The van der Waals surface area contributed by atoms with E-state index in [0.717, 1.165) is 5.56 Å². The van der Waals surface area contributed by atoms with Crippen molar-refractivity contribution in [2.24, 2.45) is 29.1 Å². The molecule has 7 nitrogen and oxygen atoms in total. The highest BCUT2D eigenvalue weighted by molar-refractivity contribution is 6.04. The van der Waals surface area contributed by atoms with Gasteiger partial charge in [-0.2, -0.15) is 0 Å². The van der Waals surface area contributed by atoms with Gasteiger partial charge in [-0.15, -0.1) is 0 Å². The van der Waals surface area contributed by atoms with Crippen LogP contribution in [0.1, 0.15) is 53.0 Å². The summed E-state index contributed by atoms with van der Waals surface area (Å²) in [7, 11) is 0. The maximum Gasteiger partial charge on any atom is 0.310 e. The van der Waals surface area contributed by atoms with Crippen LogP contribution in [0.5, 0.6) is 0 Å². The monoisotopic (exact) mass is 508 g/mol. The molecule has 0 aromatic heterocycles. The Labute approximate surface area is 217 Å². The predicted octanol–water partition coefficient (Wildman–Crippen LogP) is 3.32. The van der Waals surface area contributed by atoms with Gasteiger partial charge in [0.25, 0.3) is 0 Å². The molecule has 7 heteroatoms. The van der Waals surface area contributed by atoms with E-state index in [9.17, 15) is 24.6 Å². The van der Waals surface area contributed by atoms with E-state index in [4.69, 9.17) is 9.47 Å². The molecule has 0 spiro atoms. The second-order valence-corrected chi connectivity index (χ2v) is 12.1. The molecular weight excluding hydrogens is 472 g/mol. The first-order valence-corrected chi connectivity index (χ1v) is 13.0. The topological polar surface area (TPSA) is 110 Å². The SMILES string of the molecule is CC(=O)OCC1=C[C@H]2[C@H]3C(C)(C)[C@]3(OC(=O)Cc3ccccc3)C[C@@H](C)[C@]2(O)[C@@H]2C=C(C)C(=O)[C@@]2(O)C1. The van der Waals surface area contributed by atoms with Crippen LogP contribution >= 0.6 is 0 Å². The van der Waals surface area contributed by atoms with E-state index >= 15 is 0 Å². The van der Waals surface area contributed by atoms with E-state index in [2.05, 4.69) is 0 Å². The summed E-state index contributed by atoms with van der Waals surface area (Å²) in [6.07, 6.45) is 4.12. The number of Topliss-reactive ketones (excluding diaryl/α,β-unsaturated/α-hetero) is 1. The van der Waals surface area contributed by atoms with Gasteiger partial charge in [0.05, 0.1) is 12.0 Å². The molecule has 0 heterocycles. The van der Waals surface area contributed by atoms with Crippen LogP contribution in [0.3, 0.4) is 0 Å². The Balaban J connectivity index is 1.54. The Hall–Kier alpha value is -2.77. The smallest absolute Gasteiger partial charge is 0.310 e. The lowest BCUT2D eigenvalue weighted by Crippen LogP contribution is -2.61. The number of carbonyl (C=O) groups excluding carboxylic acids is 3. The Morgan fingerprint density at radius 2 is 1.78 bits per heavy atom. The van der Waals surface area contributed by atoms with Crippen molar-refractivity contribution in [1.29, 1.82) is 0 Å². The van der Waals surface area contributed by atoms with Crippen molar-refractivity contribution >= 4 is 17.7 Å².